The molecule has 0 amide bonds. The van der Waals surface area contributed by atoms with Gasteiger partial charge in [0.2, 0.25) is 0 Å². The Labute approximate surface area is 79.4 Å². The maximum absolute atomic E-state index is 9.00. The molecule has 0 aromatic rings. The topological polar surface area (TPSA) is 37.3 Å². The number of rotatable bonds is 0. The van der Waals surface area contributed by atoms with Crippen LogP contribution in [0.5, 0.6) is 0 Å². The Morgan fingerprint density at radius 2 is 1.40 bits per heavy atom. The molecule has 0 aliphatic heterocycles. The molecule has 0 heterocycles. The minimum atomic E-state index is -0.833. The van der Waals surface area contributed by atoms with Crippen molar-refractivity contribution in [2.75, 3.05) is 0 Å². The van der Waals surface area contributed by atoms with Gasteiger partial charge in [0.05, 0.1) is 0 Å². The fraction of sp³-hybridized carbons (Fsp3) is 0.667. The molecule has 0 radical (unpaired) electrons. The summed E-state index contributed by atoms with van der Waals surface area (Å²) in [6.07, 6.45) is 0. The summed E-state index contributed by atoms with van der Waals surface area (Å²) in [6.45, 7) is 7.33. The molecule has 0 spiro atoms. The first kappa shape index (κ1) is 16.9. The molecule has 0 unspecified atom stereocenters. The summed E-state index contributed by atoms with van der Waals surface area (Å²) in [6, 6.07) is 0. The van der Waals surface area contributed by atoms with Crippen LogP contribution in [0.3, 0.4) is 0 Å². The molecular formula is C6H13BrO2Zn. The van der Waals surface area contributed by atoms with Crippen molar-refractivity contribution in [1.82, 2.24) is 0 Å². The number of hydrogen-bond donors (Lipinski definition) is 1. The first-order valence-corrected chi connectivity index (χ1v) is 9.64. The molecule has 10 heavy (non-hydrogen) atoms. The Hall–Kier alpha value is 0.573. The van der Waals surface area contributed by atoms with E-state index in [0.717, 1.165) is 6.92 Å². The Balaban J connectivity index is -0.0000000787. The molecule has 58 valence electrons. The zero-order chi connectivity index (χ0) is 9.15. The van der Waals surface area contributed by atoms with Gasteiger partial charge >= 0.3 is 30.0 Å². The van der Waals surface area contributed by atoms with Crippen molar-refractivity contribution in [3.63, 3.8) is 0 Å². The van der Waals surface area contributed by atoms with Gasteiger partial charge in [-0.3, -0.25) is 4.79 Å². The van der Waals surface area contributed by atoms with Crippen molar-refractivity contribution in [1.29, 1.82) is 0 Å². The zero-order valence-electron chi connectivity index (χ0n) is 6.94. The summed E-state index contributed by atoms with van der Waals surface area (Å²) >= 11 is 4.25. The molecule has 0 aromatic heterocycles. The van der Waals surface area contributed by atoms with Gasteiger partial charge in [0.1, 0.15) is 0 Å². The summed E-state index contributed by atoms with van der Waals surface area (Å²) in [5.41, 5.74) is 0. The summed E-state index contributed by atoms with van der Waals surface area (Å²) < 4.78 is 0. The van der Waals surface area contributed by atoms with Crippen LogP contribution in [-0.4, -0.2) is 11.1 Å². The van der Waals surface area contributed by atoms with Crippen molar-refractivity contribution < 1.29 is 26.2 Å². The van der Waals surface area contributed by atoms with E-state index in [1.54, 1.807) is 0 Å². The maximum atomic E-state index is 9.00. The Morgan fingerprint density at radius 1 is 1.40 bits per heavy atom. The van der Waals surface area contributed by atoms with Gasteiger partial charge < -0.3 is 11.0 Å². The van der Waals surface area contributed by atoms with Gasteiger partial charge in [-0.05, 0) is 0 Å². The van der Waals surface area contributed by atoms with Crippen LogP contribution < -0.4 is 0 Å². The summed E-state index contributed by atoms with van der Waals surface area (Å²) in [5, 5.41) is 7.42. The summed E-state index contributed by atoms with van der Waals surface area (Å²) in [7, 11) is 0. The van der Waals surface area contributed by atoms with E-state index in [2.05, 4.69) is 34.4 Å². The van der Waals surface area contributed by atoms with Crippen LogP contribution in [0.15, 0.2) is 0 Å². The molecule has 0 aliphatic carbocycles. The first-order chi connectivity index (χ1) is 4.46. The Kier molecular flexibility index (Phi) is 27.5. The van der Waals surface area contributed by atoms with E-state index in [1.807, 2.05) is 0 Å². The molecule has 0 fully saturated rings. The average Bonchev–Trinajstić information content (AvgIpc) is 1.66. The standard InChI is InChI=1S/C4H9.C2H4O2.BrH.Zn/c1-4(2)3;1-2(3)4;;/h1-3H3;1H3,(H,3,4);1H;/q-1;;;+2/p-1. The van der Waals surface area contributed by atoms with Crippen molar-refractivity contribution in [3.05, 3.63) is 5.92 Å². The van der Waals surface area contributed by atoms with Crippen LogP contribution in [0.4, 0.5) is 0 Å². The normalized spacial score (nSPS) is 6.80. The third kappa shape index (κ3) is 1500. The van der Waals surface area contributed by atoms with E-state index in [1.165, 1.54) is 22.3 Å². The van der Waals surface area contributed by atoms with Gasteiger partial charge in [0, 0.05) is 6.92 Å². The predicted molar refractivity (Wildman–Crippen MR) is 42.5 cm³/mol. The third-order valence-electron chi connectivity index (χ3n) is 0. The van der Waals surface area contributed by atoms with Crippen LogP contribution in [0.2, 0.25) is 0 Å². The van der Waals surface area contributed by atoms with Crippen molar-refractivity contribution in [2.45, 2.75) is 27.7 Å². The van der Waals surface area contributed by atoms with E-state index >= 15 is 0 Å². The molecule has 0 aromatic carbocycles. The van der Waals surface area contributed by atoms with Crippen LogP contribution in [0.25, 0.3) is 0 Å². The van der Waals surface area contributed by atoms with Crippen LogP contribution in [-0.2, 0) is 21.1 Å². The zero-order valence-corrected chi connectivity index (χ0v) is 11.5. The second kappa shape index (κ2) is 16.3. The number of aliphatic carboxylic acids is 1. The van der Waals surface area contributed by atoms with E-state index in [0.29, 0.717) is 0 Å². The Morgan fingerprint density at radius 3 is 1.40 bits per heavy atom. The number of halogens is 1. The van der Waals surface area contributed by atoms with Gasteiger partial charge in [-0.25, -0.2) is 0 Å². The second-order valence-corrected chi connectivity index (χ2v) is 2.02. The average molecular weight is 262 g/mol. The van der Waals surface area contributed by atoms with Crippen molar-refractivity contribution in [2.24, 2.45) is 0 Å². The molecule has 2 nitrogen and oxygen atoms in total. The first-order valence-electron chi connectivity index (χ1n) is 2.69. The van der Waals surface area contributed by atoms with Crippen LogP contribution in [0.1, 0.15) is 27.7 Å². The molecule has 1 N–H and O–H groups in total. The van der Waals surface area contributed by atoms with E-state index in [4.69, 9.17) is 9.90 Å². The van der Waals surface area contributed by atoms with E-state index in [9.17, 15) is 0 Å². The second-order valence-electron chi connectivity index (χ2n) is 2.02. The van der Waals surface area contributed by atoms with Gasteiger partial charge in [-0.1, -0.05) is 0 Å². The van der Waals surface area contributed by atoms with Crippen LogP contribution >= 0.6 is 13.6 Å². The summed E-state index contributed by atoms with van der Waals surface area (Å²) in [4.78, 5) is 9.00. The number of carbonyl (C=O) groups is 1. The van der Waals surface area contributed by atoms with Gasteiger partial charge in [0.25, 0.3) is 5.97 Å². The molecular weight excluding hydrogens is 249 g/mol. The van der Waals surface area contributed by atoms with Gasteiger partial charge in [-0.15, -0.1) is 0 Å². The van der Waals surface area contributed by atoms with Crippen LogP contribution in [0, 0.1) is 5.92 Å². The Bertz CT molecular complexity index is 60.0. The number of carboxylic acids is 1. The third-order valence-corrected chi connectivity index (χ3v) is 0. The quantitative estimate of drug-likeness (QED) is 0.538. The van der Waals surface area contributed by atoms with E-state index in [-0.39, 0.29) is 0 Å². The molecule has 0 atom stereocenters. The SMILES string of the molecule is CC(=O)O.C[C-](C)C.[Zn+][Br]. The number of carboxylic acid groups (broad SMARTS) is 1. The van der Waals surface area contributed by atoms with Gasteiger partial charge in [-0.2, -0.15) is 20.8 Å². The van der Waals surface area contributed by atoms with Crippen molar-refractivity contribution >= 4 is 19.6 Å². The molecule has 0 saturated heterocycles. The van der Waals surface area contributed by atoms with Gasteiger partial charge in [0.15, 0.2) is 0 Å². The number of hydrogen-bond acceptors (Lipinski definition) is 1. The van der Waals surface area contributed by atoms with E-state index < -0.39 is 5.97 Å². The molecule has 0 bridgehead atoms. The molecule has 0 saturated carbocycles. The predicted octanol–water partition coefficient (Wildman–Crippen LogP) is 2.55. The molecule has 4 heteroatoms. The monoisotopic (exact) mass is 260 g/mol. The minimum absolute atomic E-state index is 0.833. The summed E-state index contributed by atoms with van der Waals surface area (Å²) in [5.74, 6) is 0.583. The fourth-order valence-electron chi connectivity index (χ4n) is 0. The molecule has 0 rings (SSSR count). The van der Waals surface area contributed by atoms with Crippen molar-refractivity contribution in [3.8, 4) is 0 Å². The fourth-order valence-corrected chi connectivity index (χ4v) is 0. The molecule has 0 aliphatic rings.